The molecule has 0 aliphatic heterocycles. The summed E-state index contributed by atoms with van der Waals surface area (Å²) in [6, 6.07) is 3.86. The van der Waals surface area contributed by atoms with Crippen LogP contribution >= 0.6 is 11.3 Å². The zero-order valence-electron chi connectivity index (χ0n) is 5.24. The fraction of sp³-hybridized carbons (Fsp3) is 0. The Hall–Kier alpha value is -1.27. The Balaban J connectivity index is 2.99. The van der Waals surface area contributed by atoms with Gasteiger partial charge in [-0.05, 0) is 16.8 Å². The van der Waals surface area contributed by atoms with Gasteiger partial charge in [0.05, 0.1) is 5.57 Å². The third-order valence-corrected chi connectivity index (χ3v) is 1.80. The molecule has 2 N–H and O–H groups in total. The van der Waals surface area contributed by atoms with Crippen LogP contribution in [0.15, 0.2) is 23.0 Å². The van der Waals surface area contributed by atoms with E-state index in [1.54, 1.807) is 11.3 Å². The van der Waals surface area contributed by atoms with Gasteiger partial charge >= 0.3 is 0 Å². The summed E-state index contributed by atoms with van der Waals surface area (Å²) >= 11 is 1.55. The minimum atomic E-state index is 0.529. The van der Waals surface area contributed by atoms with Gasteiger partial charge in [0.25, 0.3) is 0 Å². The van der Waals surface area contributed by atoms with Gasteiger partial charge in [-0.3, -0.25) is 0 Å². The topological polar surface area (TPSA) is 49.8 Å². The van der Waals surface area contributed by atoms with Crippen molar-refractivity contribution in [3.05, 3.63) is 28.6 Å². The molecular weight excluding hydrogens is 144 g/mol. The molecule has 0 radical (unpaired) electrons. The van der Waals surface area contributed by atoms with E-state index in [2.05, 4.69) is 0 Å². The van der Waals surface area contributed by atoms with Crippen LogP contribution < -0.4 is 5.73 Å². The number of allylic oxidation sites excluding steroid dienone is 1. The maximum atomic E-state index is 8.50. The maximum Gasteiger partial charge on any atom is 0.101 e. The summed E-state index contributed by atoms with van der Waals surface area (Å²) in [6.07, 6.45) is 1.32. The monoisotopic (exact) mass is 150 g/mol. The molecule has 0 bridgehead atoms. The van der Waals surface area contributed by atoms with E-state index in [1.165, 1.54) is 6.20 Å². The molecule has 3 heteroatoms. The normalized spacial score (nSPS) is 10.9. The Morgan fingerprint density at radius 3 is 3.00 bits per heavy atom. The van der Waals surface area contributed by atoms with Crippen molar-refractivity contribution >= 4 is 16.9 Å². The second kappa shape index (κ2) is 3.04. The molecule has 2 nitrogen and oxygen atoms in total. The second-order valence-corrected chi connectivity index (χ2v) is 2.48. The van der Waals surface area contributed by atoms with E-state index in [4.69, 9.17) is 11.0 Å². The summed E-state index contributed by atoms with van der Waals surface area (Å²) in [5.41, 5.74) is 6.62. The van der Waals surface area contributed by atoms with Crippen LogP contribution in [0.4, 0.5) is 0 Å². The molecule has 0 aliphatic rings. The number of hydrogen-bond donors (Lipinski definition) is 1. The van der Waals surface area contributed by atoms with E-state index in [1.807, 2.05) is 22.9 Å². The SMILES string of the molecule is N#CC(=CN)c1ccsc1. The number of nitrogens with two attached hydrogens (primary N) is 1. The minimum Gasteiger partial charge on any atom is -0.404 e. The van der Waals surface area contributed by atoms with Gasteiger partial charge in [-0.1, -0.05) is 0 Å². The Morgan fingerprint density at radius 1 is 1.80 bits per heavy atom. The van der Waals surface area contributed by atoms with Crippen molar-refractivity contribution < 1.29 is 0 Å². The van der Waals surface area contributed by atoms with Gasteiger partial charge in [0.1, 0.15) is 6.07 Å². The maximum absolute atomic E-state index is 8.50. The van der Waals surface area contributed by atoms with E-state index >= 15 is 0 Å². The highest BCUT2D eigenvalue weighted by atomic mass is 32.1. The van der Waals surface area contributed by atoms with Crippen LogP contribution in [0.2, 0.25) is 0 Å². The number of thiophene rings is 1. The van der Waals surface area contributed by atoms with Gasteiger partial charge in [0.15, 0.2) is 0 Å². The molecule has 1 heterocycles. The summed E-state index contributed by atoms with van der Waals surface area (Å²) in [5, 5.41) is 12.3. The largest absolute Gasteiger partial charge is 0.404 e. The first kappa shape index (κ1) is 6.84. The smallest absolute Gasteiger partial charge is 0.101 e. The van der Waals surface area contributed by atoms with Crippen molar-refractivity contribution in [2.24, 2.45) is 5.73 Å². The molecular formula is C7H6N2S. The summed E-state index contributed by atoms with van der Waals surface area (Å²) in [4.78, 5) is 0. The molecule has 10 heavy (non-hydrogen) atoms. The van der Waals surface area contributed by atoms with Crippen LogP contribution in [0, 0.1) is 11.3 Å². The molecule has 1 aromatic heterocycles. The fourth-order valence-corrected chi connectivity index (χ4v) is 1.27. The predicted molar refractivity (Wildman–Crippen MR) is 42.1 cm³/mol. The van der Waals surface area contributed by atoms with Crippen LogP contribution in [0.1, 0.15) is 5.56 Å². The number of hydrogen-bond acceptors (Lipinski definition) is 3. The first-order valence-corrected chi connectivity index (χ1v) is 3.67. The minimum absolute atomic E-state index is 0.529. The third-order valence-electron chi connectivity index (χ3n) is 1.12. The molecule has 0 aliphatic carbocycles. The molecule has 0 atom stereocenters. The summed E-state index contributed by atoms with van der Waals surface area (Å²) in [5.74, 6) is 0. The van der Waals surface area contributed by atoms with Crippen molar-refractivity contribution in [3.8, 4) is 6.07 Å². The van der Waals surface area contributed by atoms with Crippen molar-refractivity contribution in [1.82, 2.24) is 0 Å². The zero-order valence-corrected chi connectivity index (χ0v) is 6.06. The molecule has 0 saturated heterocycles. The number of nitriles is 1. The molecule has 1 rings (SSSR count). The fourth-order valence-electron chi connectivity index (χ4n) is 0.616. The Bertz CT molecular complexity index is 266. The molecule has 0 spiro atoms. The predicted octanol–water partition coefficient (Wildman–Crippen LogP) is 1.57. The molecule has 0 saturated carbocycles. The lowest BCUT2D eigenvalue weighted by Gasteiger charge is -1.87. The van der Waals surface area contributed by atoms with E-state index in [0.29, 0.717) is 5.57 Å². The van der Waals surface area contributed by atoms with Gasteiger partial charge in [-0.25, -0.2) is 0 Å². The molecule has 50 valence electrons. The van der Waals surface area contributed by atoms with Crippen molar-refractivity contribution in [1.29, 1.82) is 5.26 Å². The van der Waals surface area contributed by atoms with Gasteiger partial charge in [-0.2, -0.15) is 16.6 Å². The highest BCUT2D eigenvalue weighted by Gasteiger charge is 1.97. The summed E-state index contributed by atoms with van der Waals surface area (Å²) < 4.78 is 0. The molecule has 0 amide bonds. The molecule has 0 fully saturated rings. The van der Waals surface area contributed by atoms with Gasteiger partial charge in [0, 0.05) is 11.8 Å². The molecule has 0 unspecified atom stereocenters. The van der Waals surface area contributed by atoms with Crippen molar-refractivity contribution in [2.75, 3.05) is 0 Å². The first-order valence-electron chi connectivity index (χ1n) is 2.73. The van der Waals surface area contributed by atoms with Gasteiger partial charge < -0.3 is 5.73 Å². The van der Waals surface area contributed by atoms with Crippen molar-refractivity contribution in [2.45, 2.75) is 0 Å². The van der Waals surface area contributed by atoms with E-state index in [0.717, 1.165) is 5.56 Å². The third kappa shape index (κ3) is 1.17. The lowest BCUT2D eigenvalue weighted by atomic mass is 10.2. The average Bonchev–Trinajstić information content (AvgIpc) is 2.43. The van der Waals surface area contributed by atoms with Gasteiger partial charge in [0.2, 0.25) is 0 Å². The summed E-state index contributed by atoms with van der Waals surface area (Å²) in [7, 11) is 0. The van der Waals surface area contributed by atoms with E-state index < -0.39 is 0 Å². The van der Waals surface area contributed by atoms with Crippen LogP contribution in [-0.2, 0) is 0 Å². The van der Waals surface area contributed by atoms with Crippen LogP contribution in [0.3, 0.4) is 0 Å². The number of rotatable bonds is 1. The first-order chi connectivity index (χ1) is 4.88. The Labute approximate surface area is 63.2 Å². The lowest BCUT2D eigenvalue weighted by Crippen LogP contribution is -1.83. The van der Waals surface area contributed by atoms with E-state index in [9.17, 15) is 0 Å². The quantitative estimate of drug-likeness (QED) is 0.618. The van der Waals surface area contributed by atoms with Crippen molar-refractivity contribution in [3.63, 3.8) is 0 Å². The Kier molecular flexibility index (Phi) is 2.08. The standard InChI is InChI=1S/C7H6N2S/c8-3-7(4-9)6-1-2-10-5-6/h1-3,5H,8H2. The lowest BCUT2D eigenvalue weighted by molar-refractivity contribution is 1.51. The molecule has 0 aromatic carbocycles. The van der Waals surface area contributed by atoms with E-state index in [-0.39, 0.29) is 0 Å². The van der Waals surface area contributed by atoms with Crippen LogP contribution in [0.25, 0.3) is 5.57 Å². The van der Waals surface area contributed by atoms with Crippen LogP contribution in [-0.4, -0.2) is 0 Å². The zero-order chi connectivity index (χ0) is 7.40. The highest BCUT2D eigenvalue weighted by Crippen LogP contribution is 2.14. The van der Waals surface area contributed by atoms with Crippen LogP contribution in [0.5, 0.6) is 0 Å². The van der Waals surface area contributed by atoms with Gasteiger partial charge in [-0.15, -0.1) is 0 Å². The highest BCUT2D eigenvalue weighted by molar-refractivity contribution is 7.08. The summed E-state index contributed by atoms with van der Waals surface area (Å²) in [6.45, 7) is 0. The Morgan fingerprint density at radius 2 is 2.60 bits per heavy atom. The molecule has 1 aromatic rings. The average molecular weight is 150 g/mol. The number of nitrogens with zero attached hydrogens (tertiary/aromatic N) is 1. The second-order valence-electron chi connectivity index (χ2n) is 1.70.